The Bertz CT molecular complexity index is 563. The Morgan fingerprint density at radius 2 is 2.28 bits per heavy atom. The summed E-state index contributed by atoms with van der Waals surface area (Å²) in [6.07, 6.45) is 1.21. The number of fused-ring (bicyclic) bond motifs is 1. The van der Waals surface area contributed by atoms with Crippen molar-refractivity contribution in [3.8, 4) is 0 Å². The fourth-order valence-corrected chi connectivity index (χ4v) is 3.45. The third kappa shape index (κ3) is 2.04. The highest BCUT2D eigenvalue weighted by Crippen LogP contribution is 2.32. The minimum absolute atomic E-state index is 0.641. The van der Waals surface area contributed by atoms with Crippen LogP contribution in [0.2, 0.25) is 0 Å². The molecule has 0 saturated carbocycles. The van der Waals surface area contributed by atoms with Crippen molar-refractivity contribution in [2.75, 3.05) is 37.8 Å². The summed E-state index contributed by atoms with van der Waals surface area (Å²) in [6.45, 7) is 2.17. The van der Waals surface area contributed by atoms with Gasteiger partial charge in [-0.3, -0.25) is 0 Å². The largest absolute Gasteiger partial charge is 0.399 e. The first-order valence-corrected chi connectivity index (χ1v) is 7.02. The molecular formula is C13H18N4S. The number of rotatable bonds is 2. The summed E-state index contributed by atoms with van der Waals surface area (Å²) in [5.74, 6) is 0. The van der Waals surface area contributed by atoms with Crippen LogP contribution in [0.25, 0.3) is 10.2 Å². The second kappa shape index (κ2) is 4.40. The molecule has 2 heterocycles. The number of hydrogen-bond acceptors (Lipinski definition) is 5. The van der Waals surface area contributed by atoms with Crippen molar-refractivity contribution in [3.63, 3.8) is 0 Å². The lowest BCUT2D eigenvalue weighted by Crippen LogP contribution is -2.31. The monoisotopic (exact) mass is 262 g/mol. The molecule has 0 unspecified atom stereocenters. The molecule has 0 aliphatic carbocycles. The Morgan fingerprint density at radius 1 is 1.44 bits per heavy atom. The molecule has 0 spiro atoms. The van der Waals surface area contributed by atoms with Gasteiger partial charge < -0.3 is 15.5 Å². The second-order valence-electron chi connectivity index (χ2n) is 5.08. The van der Waals surface area contributed by atoms with Gasteiger partial charge in [-0.05, 0) is 38.7 Å². The van der Waals surface area contributed by atoms with Crippen LogP contribution in [0.1, 0.15) is 6.42 Å². The van der Waals surface area contributed by atoms with Crippen LogP contribution in [0, 0.1) is 0 Å². The van der Waals surface area contributed by atoms with E-state index in [9.17, 15) is 0 Å². The number of nitrogens with two attached hydrogens (primary N) is 1. The first kappa shape index (κ1) is 11.7. The normalized spacial score (nSPS) is 20.2. The molecule has 1 aliphatic rings. The summed E-state index contributed by atoms with van der Waals surface area (Å²) in [5.41, 5.74) is 7.67. The van der Waals surface area contributed by atoms with Crippen LogP contribution in [0.4, 0.5) is 10.8 Å². The highest BCUT2D eigenvalue weighted by molar-refractivity contribution is 7.22. The molecule has 1 aromatic carbocycles. The average molecular weight is 262 g/mol. The summed E-state index contributed by atoms with van der Waals surface area (Å²) in [6, 6.07) is 6.57. The number of benzene rings is 1. The molecule has 1 aliphatic heterocycles. The fraction of sp³-hybridized carbons (Fsp3) is 0.462. The maximum atomic E-state index is 5.81. The van der Waals surface area contributed by atoms with Gasteiger partial charge in [-0.25, -0.2) is 4.98 Å². The van der Waals surface area contributed by atoms with E-state index in [2.05, 4.69) is 23.9 Å². The second-order valence-corrected chi connectivity index (χ2v) is 6.08. The molecule has 18 heavy (non-hydrogen) atoms. The quantitative estimate of drug-likeness (QED) is 0.841. The van der Waals surface area contributed by atoms with E-state index in [1.54, 1.807) is 11.3 Å². The summed E-state index contributed by atoms with van der Waals surface area (Å²) >= 11 is 1.74. The van der Waals surface area contributed by atoms with E-state index in [4.69, 9.17) is 10.7 Å². The van der Waals surface area contributed by atoms with Gasteiger partial charge in [0.1, 0.15) is 0 Å². The molecule has 3 rings (SSSR count). The zero-order valence-corrected chi connectivity index (χ0v) is 11.6. The molecule has 0 bridgehead atoms. The van der Waals surface area contributed by atoms with Crippen LogP contribution >= 0.6 is 11.3 Å². The molecular weight excluding hydrogens is 244 g/mol. The number of aromatic nitrogens is 1. The zero-order chi connectivity index (χ0) is 12.7. The van der Waals surface area contributed by atoms with Gasteiger partial charge in [0, 0.05) is 24.8 Å². The molecule has 1 aromatic heterocycles. The Balaban J connectivity index is 1.87. The number of nitrogens with zero attached hydrogens (tertiary/aromatic N) is 3. The molecule has 2 N–H and O–H groups in total. The maximum Gasteiger partial charge on any atom is 0.186 e. The van der Waals surface area contributed by atoms with Crippen molar-refractivity contribution in [2.24, 2.45) is 0 Å². The van der Waals surface area contributed by atoms with Gasteiger partial charge in [-0.15, -0.1) is 0 Å². The Morgan fingerprint density at radius 3 is 3.00 bits per heavy atom. The Labute approximate surface area is 111 Å². The van der Waals surface area contributed by atoms with E-state index in [-0.39, 0.29) is 0 Å². The zero-order valence-electron chi connectivity index (χ0n) is 10.8. The first-order valence-electron chi connectivity index (χ1n) is 6.21. The van der Waals surface area contributed by atoms with Crippen LogP contribution in [0.5, 0.6) is 0 Å². The smallest absolute Gasteiger partial charge is 0.186 e. The molecule has 4 nitrogen and oxygen atoms in total. The minimum atomic E-state index is 0.641. The third-order valence-corrected chi connectivity index (χ3v) is 4.64. The lowest BCUT2D eigenvalue weighted by Gasteiger charge is -2.19. The van der Waals surface area contributed by atoms with Crippen LogP contribution in [-0.2, 0) is 0 Å². The van der Waals surface area contributed by atoms with Crippen molar-refractivity contribution < 1.29 is 0 Å². The molecule has 2 aromatic rings. The number of hydrogen-bond donors (Lipinski definition) is 1. The number of nitrogen functional groups attached to an aromatic ring is 1. The molecule has 96 valence electrons. The fourth-order valence-electron chi connectivity index (χ4n) is 2.40. The average Bonchev–Trinajstić information content (AvgIpc) is 2.93. The molecule has 0 radical (unpaired) electrons. The lowest BCUT2D eigenvalue weighted by molar-refractivity contribution is 0.315. The molecule has 1 atom stereocenters. The van der Waals surface area contributed by atoms with Gasteiger partial charge in [-0.1, -0.05) is 11.3 Å². The van der Waals surface area contributed by atoms with Crippen molar-refractivity contribution in [1.82, 2.24) is 9.88 Å². The van der Waals surface area contributed by atoms with Gasteiger partial charge in [0.15, 0.2) is 5.13 Å². The van der Waals surface area contributed by atoms with E-state index in [0.717, 1.165) is 29.4 Å². The number of likely N-dealkylation sites (N-methyl/N-ethyl adjacent to an activating group) is 1. The van der Waals surface area contributed by atoms with Gasteiger partial charge in [0.05, 0.1) is 10.2 Å². The number of thiazole rings is 1. The highest BCUT2D eigenvalue weighted by Gasteiger charge is 2.25. The van der Waals surface area contributed by atoms with Gasteiger partial charge in [-0.2, -0.15) is 0 Å². The van der Waals surface area contributed by atoms with Crippen LogP contribution in [0.3, 0.4) is 0 Å². The Kier molecular flexibility index (Phi) is 2.87. The van der Waals surface area contributed by atoms with Crippen molar-refractivity contribution in [2.45, 2.75) is 12.5 Å². The van der Waals surface area contributed by atoms with E-state index in [1.807, 2.05) is 18.2 Å². The van der Waals surface area contributed by atoms with Gasteiger partial charge in [0.2, 0.25) is 0 Å². The summed E-state index contributed by atoms with van der Waals surface area (Å²) < 4.78 is 1.18. The lowest BCUT2D eigenvalue weighted by atomic mass is 10.2. The number of anilines is 2. The first-order chi connectivity index (χ1) is 8.63. The molecule has 1 fully saturated rings. The van der Waals surface area contributed by atoms with Crippen molar-refractivity contribution in [1.29, 1.82) is 0 Å². The topological polar surface area (TPSA) is 45.4 Å². The predicted octanol–water partition coefficient (Wildman–Crippen LogP) is 2.02. The minimum Gasteiger partial charge on any atom is -0.399 e. The Hall–Kier alpha value is -1.33. The van der Waals surface area contributed by atoms with Gasteiger partial charge >= 0.3 is 0 Å². The summed E-state index contributed by atoms with van der Waals surface area (Å²) in [5, 5.41) is 1.12. The van der Waals surface area contributed by atoms with Crippen LogP contribution in [0.15, 0.2) is 18.2 Å². The summed E-state index contributed by atoms with van der Waals surface area (Å²) in [7, 11) is 4.29. The van der Waals surface area contributed by atoms with E-state index in [0.29, 0.717) is 6.04 Å². The molecule has 0 amide bonds. The standard InChI is InChI=1S/C13H18N4S/c1-16(2)10-5-6-17(8-10)13-15-11-4-3-9(14)7-12(11)18-13/h3-4,7,10H,5-6,8,14H2,1-2H3/t10-/m1/s1. The van der Waals surface area contributed by atoms with Crippen LogP contribution < -0.4 is 10.6 Å². The van der Waals surface area contributed by atoms with E-state index in [1.165, 1.54) is 11.1 Å². The highest BCUT2D eigenvalue weighted by atomic mass is 32.1. The van der Waals surface area contributed by atoms with Crippen molar-refractivity contribution >= 4 is 32.4 Å². The predicted molar refractivity (Wildman–Crippen MR) is 78.3 cm³/mol. The van der Waals surface area contributed by atoms with E-state index >= 15 is 0 Å². The molecule has 5 heteroatoms. The molecule has 1 saturated heterocycles. The maximum absolute atomic E-state index is 5.81. The SMILES string of the molecule is CN(C)[C@@H]1CCN(c2nc3ccc(N)cc3s2)C1. The van der Waals surface area contributed by atoms with Gasteiger partial charge in [0.25, 0.3) is 0 Å². The van der Waals surface area contributed by atoms with E-state index < -0.39 is 0 Å². The van der Waals surface area contributed by atoms with Crippen LogP contribution in [-0.4, -0.2) is 43.1 Å². The third-order valence-electron chi connectivity index (χ3n) is 3.57. The summed E-state index contributed by atoms with van der Waals surface area (Å²) in [4.78, 5) is 9.38. The van der Waals surface area contributed by atoms with Crippen molar-refractivity contribution in [3.05, 3.63) is 18.2 Å².